The van der Waals surface area contributed by atoms with Crippen LogP contribution in [0.5, 0.6) is 0 Å². The van der Waals surface area contributed by atoms with Crippen LogP contribution >= 0.6 is 23.5 Å². The molecule has 0 saturated carbocycles. The van der Waals surface area contributed by atoms with E-state index in [1.807, 2.05) is 13.8 Å². The zero-order valence-corrected chi connectivity index (χ0v) is 36.2. The Kier molecular flexibility index (Phi) is 35.3. The van der Waals surface area contributed by atoms with Gasteiger partial charge in [-0.2, -0.15) is 0 Å². The van der Waals surface area contributed by atoms with Crippen LogP contribution in [0.1, 0.15) is 81.1 Å². The lowest BCUT2D eigenvalue weighted by Crippen LogP contribution is -2.21. The largest absolute Gasteiger partial charge is 0.472 e. The summed E-state index contributed by atoms with van der Waals surface area (Å²) in [7, 11) is -12.0. The highest BCUT2D eigenvalue weighted by atomic mass is 31.2. The molecule has 0 fully saturated rings. The Labute approximate surface area is 322 Å². The van der Waals surface area contributed by atoms with Crippen molar-refractivity contribution in [1.82, 2.24) is 0 Å². The standard InChI is InChI=1S/C16H36O11P2.C16H35O8P/c1-14(2)26-28(18,19)24-9-5-7-22-12-16(11-17)13-23-8-6-10-25-29(20,21)27-15(3)4;1-14(2)22-9-5-7-20-12-16(11-17)13-21-8-6-10-23-25(18,19)24-15(3)4/h14-17H,5-13H2,1-4H3,(H,18,19)(H,20,21);14-17H,5-13H2,1-4H3,(H,18,19). The third kappa shape index (κ3) is 40.3. The number of phosphoric acid groups is 3. The lowest BCUT2D eigenvalue weighted by molar-refractivity contribution is 0.00301. The van der Waals surface area contributed by atoms with Gasteiger partial charge in [-0.15, -0.1) is 0 Å². The average molecular weight is 853 g/mol. The topological polar surface area (TPSA) is 254 Å². The van der Waals surface area contributed by atoms with Gasteiger partial charge in [0.1, 0.15) is 0 Å². The van der Waals surface area contributed by atoms with Crippen LogP contribution in [0.15, 0.2) is 0 Å². The van der Waals surface area contributed by atoms with E-state index >= 15 is 0 Å². The number of rotatable bonds is 36. The van der Waals surface area contributed by atoms with Crippen LogP contribution in [-0.4, -0.2) is 142 Å². The van der Waals surface area contributed by atoms with Crippen molar-refractivity contribution in [1.29, 1.82) is 0 Å². The second-order valence-corrected chi connectivity index (χ2v) is 17.3. The predicted octanol–water partition coefficient (Wildman–Crippen LogP) is 4.87. The molecule has 0 heterocycles. The van der Waals surface area contributed by atoms with Gasteiger partial charge in [-0.3, -0.25) is 27.1 Å². The van der Waals surface area contributed by atoms with E-state index in [4.69, 9.17) is 50.8 Å². The van der Waals surface area contributed by atoms with Crippen molar-refractivity contribution >= 4 is 23.5 Å². The minimum Gasteiger partial charge on any atom is -0.396 e. The molecule has 5 N–H and O–H groups in total. The van der Waals surface area contributed by atoms with Gasteiger partial charge >= 0.3 is 23.5 Å². The maximum atomic E-state index is 11.5. The molecular weight excluding hydrogens is 781 g/mol. The minimum absolute atomic E-state index is 0.00995. The molecule has 0 saturated heterocycles. The molecule has 4 atom stereocenters. The summed E-state index contributed by atoms with van der Waals surface area (Å²) < 4.78 is 90.3. The van der Waals surface area contributed by atoms with Gasteiger partial charge in [0, 0.05) is 44.9 Å². The van der Waals surface area contributed by atoms with Gasteiger partial charge in [-0.05, 0) is 81.1 Å². The molecule has 0 aliphatic carbocycles. The lowest BCUT2D eigenvalue weighted by atomic mass is 10.2. The Bertz CT molecular complexity index is 962. The van der Waals surface area contributed by atoms with Gasteiger partial charge in [0.15, 0.2) is 0 Å². The summed E-state index contributed by atoms with van der Waals surface area (Å²) >= 11 is 0. The van der Waals surface area contributed by atoms with Gasteiger partial charge in [0.2, 0.25) is 0 Å². The average Bonchev–Trinajstić information content (AvgIpc) is 3.03. The summed E-state index contributed by atoms with van der Waals surface area (Å²) in [5.41, 5.74) is 0. The van der Waals surface area contributed by atoms with E-state index in [-0.39, 0.29) is 83.5 Å². The van der Waals surface area contributed by atoms with Crippen molar-refractivity contribution in [3.63, 3.8) is 0 Å². The highest BCUT2D eigenvalue weighted by Crippen LogP contribution is 2.45. The fraction of sp³-hybridized carbons (Fsp3) is 1.00. The maximum absolute atomic E-state index is 11.5. The zero-order valence-electron chi connectivity index (χ0n) is 33.5. The Hall–Kier alpha value is 0.0500. The SMILES string of the molecule is CC(C)OCCCOCC(CO)COCCCOP(=O)(O)OC(C)C.CC(C)OP(=O)(O)OCCCOCC(CO)COCCCOP(=O)(O)OC(C)C. The predicted molar refractivity (Wildman–Crippen MR) is 200 cm³/mol. The quantitative estimate of drug-likeness (QED) is 0.0416. The molecule has 0 spiro atoms. The summed E-state index contributed by atoms with van der Waals surface area (Å²) in [4.78, 5) is 28.1. The molecule has 0 aromatic carbocycles. The van der Waals surface area contributed by atoms with Crippen LogP contribution in [0, 0.1) is 11.8 Å². The second kappa shape index (κ2) is 34.0. The zero-order chi connectivity index (χ0) is 41.5. The van der Waals surface area contributed by atoms with E-state index in [2.05, 4.69) is 0 Å². The number of hydrogen-bond donors (Lipinski definition) is 5. The van der Waals surface area contributed by atoms with Crippen LogP contribution in [0.2, 0.25) is 0 Å². The first-order valence-corrected chi connectivity index (χ1v) is 22.8. The molecule has 22 heteroatoms. The molecule has 0 aromatic heterocycles. The third-order valence-electron chi connectivity index (χ3n) is 5.91. The summed E-state index contributed by atoms with van der Waals surface area (Å²) in [6.07, 6.45) is 1.06. The summed E-state index contributed by atoms with van der Waals surface area (Å²) in [6, 6.07) is 0. The molecule has 0 aromatic rings. The molecule has 19 nitrogen and oxygen atoms in total. The third-order valence-corrected chi connectivity index (χ3v) is 9.50. The van der Waals surface area contributed by atoms with Gasteiger partial charge in [0.25, 0.3) is 0 Å². The lowest BCUT2D eigenvalue weighted by Gasteiger charge is -2.16. The van der Waals surface area contributed by atoms with Crippen molar-refractivity contribution in [3.8, 4) is 0 Å². The van der Waals surface area contributed by atoms with Gasteiger partial charge in [0.05, 0.1) is 83.9 Å². The van der Waals surface area contributed by atoms with Crippen molar-refractivity contribution in [2.24, 2.45) is 11.8 Å². The molecule has 0 radical (unpaired) electrons. The first-order valence-electron chi connectivity index (χ1n) is 18.4. The fourth-order valence-electron chi connectivity index (χ4n) is 3.70. The van der Waals surface area contributed by atoms with E-state index in [0.29, 0.717) is 52.3 Å². The van der Waals surface area contributed by atoms with Gasteiger partial charge in [-0.25, -0.2) is 13.7 Å². The highest BCUT2D eigenvalue weighted by molar-refractivity contribution is 7.47. The number of aliphatic hydroxyl groups is 2. The molecule has 4 unspecified atom stereocenters. The molecular formula is C32H71O19P3. The van der Waals surface area contributed by atoms with Crippen molar-refractivity contribution in [3.05, 3.63) is 0 Å². The Morgan fingerprint density at radius 3 is 0.889 bits per heavy atom. The first kappa shape index (κ1) is 56.1. The minimum atomic E-state index is -4.03. The van der Waals surface area contributed by atoms with E-state index in [1.54, 1.807) is 41.5 Å². The molecule has 0 amide bonds. The fourth-order valence-corrected chi connectivity index (χ4v) is 6.56. The molecule has 0 aliphatic heterocycles. The van der Waals surface area contributed by atoms with Crippen LogP contribution in [0.3, 0.4) is 0 Å². The molecule has 54 heavy (non-hydrogen) atoms. The monoisotopic (exact) mass is 852 g/mol. The highest BCUT2D eigenvalue weighted by Gasteiger charge is 2.24. The van der Waals surface area contributed by atoms with Crippen LogP contribution in [-0.2, 0) is 64.5 Å². The molecule has 328 valence electrons. The molecule has 0 rings (SSSR count). The number of phosphoric ester groups is 3. The second-order valence-electron chi connectivity index (χ2n) is 13.1. The number of ether oxygens (including phenoxy) is 5. The van der Waals surface area contributed by atoms with E-state index < -0.39 is 35.7 Å². The summed E-state index contributed by atoms with van der Waals surface area (Å²) in [6.45, 7) is 17.2. The first-order chi connectivity index (χ1) is 25.2. The summed E-state index contributed by atoms with van der Waals surface area (Å²) in [5.74, 6) is -0.335. The smallest absolute Gasteiger partial charge is 0.396 e. The Morgan fingerprint density at radius 1 is 0.407 bits per heavy atom. The van der Waals surface area contributed by atoms with Crippen molar-refractivity contribution in [2.75, 3.05) is 92.5 Å². The van der Waals surface area contributed by atoms with Gasteiger partial charge in [-0.1, -0.05) is 0 Å². The molecule has 0 aliphatic rings. The van der Waals surface area contributed by atoms with Crippen LogP contribution < -0.4 is 0 Å². The molecule has 0 bridgehead atoms. The van der Waals surface area contributed by atoms with Gasteiger partial charge < -0.3 is 48.6 Å². The summed E-state index contributed by atoms with van der Waals surface area (Å²) in [5, 5.41) is 18.6. The number of hydrogen-bond acceptors (Lipinski definition) is 16. The number of aliphatic hydroxyl groups excluding tert-OH is 2. The normalized spacial score (nSPS) is 16.6. The van der Waals surface area contributed by atoms with Crippen molar-refractivity contribution < 1.29 is 89.4 Å². The van der Waals surface area contributed by atoms with Crippen molar-refractivity contribution in [2.45, 2.75) is 105 Å². The maximum Gasteiger partial charge on any atom is 0.472 e. The van der Waals surface area contributed by atoms with E-state index in [1.165, 1.54) is 0 Å². The van der Waals surface area contributed by atoms with Crippen LogP contribution in [0.4, 0.5) is 0 Å². The van der Waals surface area contributed by atoms with Crippen LogP contribution in [0.25, 0.3) is 0 Å². The Balaban J connectivity index is 0. The van der Waals surface area contributed by atoms with E-state index in [0.717, 1.165) is 6.42 Å². The van der Waals surface area contributed by atoms with E-state index in [9.17, 15) is 38.6 Å². The Morgan fingerprint density at radius 2 is 0.667 bits per heavy atom.